The third-order valence-corrected chi connectivity index (χ3v) is 2.80. The van der Waals surface area contributed by atoms with E-state index in [0.717, 1.165) is 17.9 Å². The van der Waals surface area contributed by atoms with Crippen molar-refractivity contribution in [1.82, 2.24) is 10.2 Å². The summed E-state index contributed by atoms with van der Waals surface area (Å²) < 4.78 is 5.21. The molecule has 0 saturated heterocycles. The molecule has 100 valence electrons. The average Bonchev–Trinajstić information content (AvgIpc) is 2.34. The number of rotatable bonds is 6. The summed E-state index contributed by atoms with van der Waals surface area (Å²) in [6.07, 6.45) is 0.530. The minimum absolute atomic E-state index is 0.147. The molecule has 0 aromatic heterocycles. The van der Waals surface area contributed by atoms with Crippen LogP contribution in [0, 0.1) is 6.92 Å². The molecular weight excluding hydrogens is 228 g/mol. The molecule has 0 fully saturated rings. The summed E-state index contributed by atoms with van der Waals surface area (Å²) in [5.41, 5.74) is 2.33. The summed E-state index contributed by atoms with van der Waals surface area (Å²) in [7, 11) is 5.22. The van der Waals surface area contributed by atoms with E-state index in [1.165, 1.54) is 5.56 Å². The molecule has 1 aromatic carbocycles. The van der Waals surface area contributed by atoms with Crippen molar-refractivity contribution in [3.8, 4) is 5.75 Å². The summed E-state index contributed by atoms with van der Waals surface area (Å²) in [5, 5.41) is 3.26. The molecular formula is C14H22N2O2. The number of methoxy groups -OCH3 is 1. The van der Waals surface area contributed by atoms with Gasteiger partial charge in [-0.2, -0.15) is 0 Å². The van der Waals surface area contributed by atoms with Gasteiger partial charge in [0.15, 0.2) is 0 Å². The molecule has 0 heterocycles. The van der Waals surface area contributed by atoms with Gasteiger partial charge in [-0.05, 0) is 24.1 Å². The number of benzene rings is 1. The van der Waals surface area contributed by atoms with E-state index < -0.39 is 0 Å². The van der Waals surface area contributed by atoms with Crippen LogP contribution in [0.15, 0.2) is 18.2 Å². The fourth-order valence-corrected chi connectivity index (χ4v) is 1.70. The Morgan fingerprint density at radius 1 is 1.39 bits per heavy atom. The van der Waals surface area contributed by atoms with Crippen LogP contribution >= 0.6 is 0 Å². The van der Waals surface area contributed by atoms with Crippen LogP contribution in [0.3, 0.4) is 0 Å². The number of carbonyl (C=O) groups is 1. The van der Waals surface area contributed by atoms with Crippen molar-refractivity contribution in [3.05, 3.63) is 29.3 Å². The SMILES string of the molecule is COc1ccc(CNCCC(=O)N(C)C)cc1C. The molecule has 1 rings (SSSR count). The maximum absolute atomic E-state index is 11.4. The van der Waals surface area contributed by atoms with Gasteiger partial charge < -0.3 is 15.0 Å². The van der Waals surface area contributed by atoms with Crippen LogP contribution in [0.5, 0.6) is 5.75 Å². The Labute approximate surface area is 109 Å². The Balaban J connectivity index is 2.36. The van der Waals surface area contributed by atoms with E-state index in [-0.39, 0.29) is 5.91 Å². The highest BCUT2D eigenvalue weighted by Gasteiger charge is 2.03. The lowest BCUT2D eigenvalue weighted by atomic mass is 10.1. The highest BCUT2D eigenvalue weighted by molar-refractivity contribution is 5.75. The van der Waals surface area contributed by atoms with Gasteiger partial charge in [-0.3, -0.25) is 4.79 Å². The lowest BCUT2D eigenvalue weighted by Gasteiger charge is -2.11. The lowest BCUT2D eigenvalue weighted by molar-refractivity contribution is -0.128. The maximum Gasteiger partial charge on any atom is 0.223 e. The second-order valence-electron chi connectivity index (χ2n) is 4.52. The summed E-state index contributed by atoms with van der Waals surface area (Å²) in [4.78, 5) is 13.0. The standard InChI is InChI=1S/C14H22N2O2/c1-11-9-12(5-6-13(11)18-4)10-15-8-7-14(17)16(2)3/h5-6,9,15H,7-8,10H2,1-4H3. The second kappa shape index (κ2) is 7.01. The molecule has 0 bridgehead atoms. The molecule has 4 heteroatoms. The average molecular weight is 250 g/mol. The Morgan fingerprint density at radius 2 is 2.11 bits per heavy atom. The van der Waals surface area contributed by atoms with Crippen LogP contribution < -0.4 is 10.1 Å². The Morgan fingerprint density at radius 3 is 2.67 bits per heavy atom. The minimum Gasteiger partial charge on any atom is -0.496 e. The van der Waals surface area contributed by atoms with Crippen molar-refractivity contribution < 1.29 is 9.53 Å². The van der Waals surface area contributed by atoms with Crippen molar-refractivity contribution >= 4 is 5.91 Å². The number of amides is 1. The van der Waals surface area contributed by atoms with Gasteiger partial charge in [0.1, 0.15) is 5.75 Å². The Kier molecular flexibility index (Phi) is 5.65. The van der Waals surface area contributed by atoms with Crippen molar-refractivity contribution in [1.29, 1.82) is 0 Å². The first-order valence-corrected chi connectivity index (χ1v) is 6.09. The quantitative estimate of drug-likeness (QED) is 0.779. The number of hydrogen-bond donors (Lipinski definition) is 1. The fourth-order valence-electron chi connectivity index (χ4n) is 1.70. The van der Waals surface area contributed by atoms with E-state index in [1.54, 1.807) is 26.1 Å². The van der Waals surface area contributed by atoms with E-state index >= 15 is 0 Å². The van der Waals surface area contributed by atoms with Crippen LogP contribution in [0.4, 0.5) is 0 Å². The zero-order valence-electron chi connectivity index (χ0n) is 11.6. The third-order valence-electron chi connectivity index (χ3n) is 2.80. The smallest absolute Gasteiger partial charge is 0.223 e. The number of hydrogen-bond acceptors (Lipinski definition) is 3. The van der Waals surface area contributed by atoms with Gasteiger partial charge in [0.25, 0.3) is 0 Å². The number of aryl methyl sites for hydroxylation is 1. The van der Waals surface area contributed by atoms with Crippen LogP contribution in [-0.4, -0.2) is 38.6 Å². The molecule has 0 aliphatic rings. The first kappa shape index (κ1) is 14.5. The molecule has 4 nitrogen and oxygen atoms in total. The summed E-state index contributed by atoms with van der Waals surface area (Å²) in [6.45, 7) is 3.49. The molecule has 1 N–H and O–H groups in total. The fraction of sp³-hybridized carbons (Fsp3) is 0.500. The van der Waals surface area contributed by atoms with Gasteiger partial charge >= 0.3 is 0 Å². The van der Waals surface area contributed by atoms with Crippen molar-refractivity contribution in [2.24, 2.45) is 0 Å². The zero-order chi connectivity index (χ0) is 13.5. The largest absolute Gasteiger partial charge is 0.496 e. The number of ether oxygens (including phenoxy) is 1. The minimum atomic E-state index is 0.147. The summed E-state index contributed by atoms with van der Waals surface area (Å²) in [5.74, 6) is 1.05. The van der Waals surface area contributed by atoms with E-state index in [4.69, 9.17) is 4.74 Å². The first-order chi connectivity index (χ1) is 8.54. The predicted molar refractivity (Wildman–Crippen MR) is 72.7 cm³/mol. The molecule has 0 radical (unpaired) electrons. The van der Waals surface area contributed by atoms with Gasteiger partial charge in [-0.1, -0.05) is 12.1 Å². The monoisotopic (exact) mass is 250 g/mol. The van der Waals surface area contributed by atoms with Crippen LogP contribution in [0.1, 0.15) is 17.5 Å². The van der Waals surface area contributed by atoms with Gasteiger partial charge in [0.05, 0.1) is 7.11 Å². The second-order valence-corrected chi connectivity index (χ2v) is 4.52. The lowest BCUT2D eigenvalue weighted by Crippen LogP contribution is -2.26. The van der Waals surface area contributed by atoms with Gasteiger partial charge in [-0.15, -0.1) is 0 Å². The van der Waals surface area contributed by atoms with Crippen molar-refractivity contribution in [2.45, 2.75) is 19.9 Å². The van der Waals surface area contributed by atoms with Crippen LogP contribution in [0.25, 0.3) is 0 Å². The normalized spacial score (nSPS) is 10.2. The molecule has 0 unspecified atom stereocenters. The van der Waals surface area contributed by atoms with E-state index in [1.807, 2.05) is 19.1 Å². The number of nitrogens with zero attached hydrogens (tertiary/aromatic N) is 1. The highest BCUT2D eigenvalue weighted by atomic mass is 16.5. The predicted octanol–water partition coefficient (Wildman–Crippen LogP) is 1.57. The van der Waals surface area contributed by atoms with E-state index in [9.17, 15) is 4.79 Å². The van der Waals surface area contributed by atoms with E-state index in [0.29, 0.717) is 13.0 Å². The molecule has 0 spiro atoms. The topological polar surface area (TPSA) is 41.6 Å². The molecule has 0 atom stereocenters. The Bertz CT molecular complexity index is 403. The summed E-state index contributed by atoms with van der Waals surface area (Å²) in [6, 6.07) is 6.10. The molecule has 1 aromatic rings. The number of carbonyl (C=O) groups excluding carboxylic acids is 1. The molecule has 0 saturated carbocycles. The van der Waals surface area contributed by atoms with Gasteiger partial charge in [0.2, 0.25) is 5.91 Å². The molecule has 0 aliphatic heterocycles. The van der Waals surface area contributed by atoms with Crippen molar-refractivity contribution in [2.75, 3.05) is 27.7 Å². The third kappa shape index (κ3) is 4.37. The van der Waals surface area contributed by atoms with Crippen molar-refractivity contribution in [3.63, 3.8) is 0 Å². The van der Waals surface area contributed by atoms with Crippen LogP contribution in [0.2, 0.25) is 0 Å². The molecule has 0 aliphatic carbocycles. The summed E-state index contributed by atoms with van der Waals surface area (Å²) >= 11 is 0. The highest BCUT2D eigenvalue weighted by Crippen LogP contribution is 2.18. The van der Waals surface area contributed by atoms with Gasteiger partial charge in [0, 0.05) is 33.6 Å². The zero-order valence-corrected chi connectivity index (χ0v) is 11.6. The first-order valence-electron chi connectivity index (χ1n) is 6.09. The van der Waals surface area contributed by atoms with Crippen LogP contribution in [-0.2, 0) is 11.3 Å². The Hall–Kier alpha value is -1.55. The maximum atomic E-state index is 11.4. The van der Waals surface area contributed by atoms with E-state index in [2.05, 4.69) is 11.4 Å². The van der Waals surface area contributed by atoms with Gasteiger partial charge in [-0.25, -0.2) is 0 Å². The number of nitrogens with one attached hydrogen (secondary N) is 1. The molecule has 18 heavy (non-hydrogen) atoms. The molecule has 1 amide bonds.